The molecule has 4 nitrogen and oxygen atoms in total. The minimum Gasteiger partial charge on any atom is -0.469 e. The Labute approximate surface area is 177 Å². The molecule has 0 aliphatic carbocycles. The van der Waals surface area contributed by atoms with Crippen molar-refractivity contribution in [3.05, 3.63) is 34.3 Å². The van der Waals surface area contributed by atoms with E-state index in [0.29, 0.717) is 12.5 Å². The number of ether oxygens (including phenoxy) is 1. The van der Waals surface area contributed by atoms with Crippen LogP contribution in [0.4, 0.5) is 0 Å². The molecule has 3 heterocycles. The van der Waals surface area contributed by atoms with Crippen molar-refractivity contribution in [1.29, 1.82) is 0 Å². The molecule has 0 bridgehead atoms. The van der Waals surface area contributed by atoms with Gasteiger partial charge in [-0.05, 0) is 81.1 Å². The molecule has 154 valence electrons. The van der Waals surface area contributed by atoms with Crippen molar-refractivity contribution in [3.63, 3.8) is 0 Å². The van der Waals surface area contributed by atoms with E-state index in [2.05, 4.69) is 50.0 Å². The number of carbonyl (C=O) groups excluding carboxylic acids is 1. The molecule has 3 aliphatic rings. The summed E-state index contributed by atoms with van der Waals surface area (Å²) in [6, 6.07) is 10.1. The summed E-state index contributed by atoms with van der Waals surface area (Å²) < 4.78 is 6.01. The minimum atomic E-state index is -0.0731. The number of piperidine rings is 3. The van der Waals surface area contributed by atoms with Crippen LogP contribution in [0.25, 0.3) is 0 Å². The molecule has 0 unspecified atom stereocenters. The average molecular weight is 449 g/mol. The van der Waals surface area contributed by atoms with E-state index in [1.807, 2.05) is 0 Å². The van der Waals surface area contributed by atoms with Gasteiger partial charge in [0.2, 0.25) is 0 Å². The van der Waals surface area contributed by atoms with Crippen LogP contribution in [0.5, 0.6) is 0 Å². The molecule has 0 amide bonds. The third-order valence-electron chi connectivity index (χ3n) is 7.19. The molecule has 4 rings (SSSR count). The minimum absolute atomic E-state index is 0.0731. The number of nitrogens with zero attached hydrogens (tertiary/aromatic N) is 2. The molecule has 0 spiro atoms. The second kappa shape index (κ2) is 9.27. The Morgan fingerprint density at radius 3 is 2.68 bits per heavy atom. The van der Waals surface area contributed by atoms with Gasteiger partial charge in [0, 0.05) is 36.1 Å². The number of hydrogen-bond donors (Lipinski definition) is 0. The van der Waals surface area contributed by atoms with Crippen molar-refractivity contribution in [2.24, 2.45) is 11.8 Å². The van der Waals surface area contributed by atoms with E-state index in [1.165, 1.54) is 58.0 Å². The van der Waals surface area contributed by atoms with Crippen molar-refractivity contribution < 1.29 is 9.53 Å². The Hall–Kier alpha value is -0.910. The van der Waals surface area contributed by atoms with Crippen LogP contribution in [-0.2, 0) is 16.1 Å². The summed E-state index contributed by atoms with van der Waals surface area (Å²) in [5.74, 6) is 1.49. The van der Waals surface area contributed by atoms with Gasteiger partial charge in [-0.3, -0.25) is 14.6 Å². The van der Waals surface area contributed by atoms with E-state index in [4.69, 9.17) is 4.74 Å². The van der Waals surface area contributed by atoms with Gasteiger partial charge in [0.05, 0.1) is 7.11 Å². The second-order valence-corrected chi connectivity index (χ2v) is 9.74. The molecule has 0 radical (unpaired) electrons. The van der Waals surface area contributed by atoms with Crippen LogP contribution in [0.2, 0.25) is 0 Å². The SMILES string of the molecule is COC(=O)CCC[C@@H]1[C@H]2CCCN3CCC[C@H](CN1Cc1ccc(Br)cc1)[C@@H]23. The zero-order valence-corrected chi connectivity index (χ0v) is 18.6. The Balaban J connectivity index is 1.52. The van der Waals surface area contributed by atoms with Gasteiger partial charge in [0.25, 0.3) is 0 Å². The molecule has 4 atom stereocenters. The summed E-state index contributed by atoms with van der Waals surface area (Å²) in [4.78, 5) is 17.2. The predicted octanol–water partition coefficient (Wildman–Crippen LogP) is 4.47. The molecule has 28 heavy (non-hydrogen) atoms. The zero-order chi connectivity index (χ0) is 19.5. The van der Waals surface area contributed by atoms with E-state index in [1.54, 1.807) is 0 Å². The van der Waals surface area contributed by atoms with Crippen LogP contribution >= 0.6 is 15.9 Å². The smallest absolute Gasteiger partial charge is 0.305 e. The van der Waals surface area contributed by atoms with Gasteiger partial charge in [-0.25, -0.2) is 0 Å². The van der Waals surface area contributed by atoms with Gasteiger partial charge in [-0.2, -0.15) is 0 Å². The number of benzene rings is 1. The fourth-order valence-electron chi connectivity index (χ4n) is 6.04. The highest BCUT2D eigenvalue weighted by molar-refractivity contribution is 9.10. The number of rotatable bonds is 6. The first kappa shape index (κ1) is 20.4. The van der Waals surface area contributed by atoms with Crippen LogP contribution in [-0.4, -0.2) is 54.6 Å². The van der Waals surface area contributed by atoms with Gasteiger partial charge < -0.3 is 4.74 Å². The molecule has 1 aromatic carbocycles. The van der Waals surface area contributed by atoms with Crippen LogP contribution in [0, 0.1) is 11.8 Å². The lowest BCUT2D eigenvalue weighted by atomic mass is 9.69. The lowest BCUT2D eigenvalue weighted by Crippen LogP contribution is -2.64. The first-order valence-corrected chi connectivity index (χ1v) is 11.7. The maximum absolute atomic E-state index is 11.7. The Morgan fingerprint density at radius 1 is 1.18 bits per heavy atom. The van der Waals surface area contributed by atoms with E-state index in [0.717, 1.165) is 41.7 Å². The van der Waals surface area contributed by atoms with Crippen LogP contribution < -0.4 is 0 Å². The summed E-state index contributed by atoms with van der Waals surface area (Å²) in [5, 5.41) is 0. The number of methoxy groups -OCH3 is 1. The van der Waals surface area contributed by atoms with E-state index < -0.39 is 0 Å². The Morgan fingerprint density at radius 2 is 1.93 bits per heavy atom. The topological polar surface area (TPSA) is 32.8 Å². The van der Waals surface area contributed by atoms with Gasteiger partial charge in [-0.1, -0.05) is 28.1 Å². The van der Waals surface area contributed by atoms with Gasteiger partial charge in [0.1, 0.15) is 0 Å². The molecule has 3 saturated heterocycles. The second-order valence-electron chi connectivity index (χ2n) is 8.83. The number of halogens is 1. The third kappa shape index (κ3) is 4.47. The number of esters is 1. The van der Waals surface area contributed by atoms with Gasteiger partial charge in [-0.15, -0.1) is 0 Å². The average Bonchev–Trinajstić information content (AvgIpc) is 2.72. The highest BCUT2D eigenvalue weighted by Gasteiger charge is 2.48. The predicted molar refractivity (Wildman–Crippen MR) is 115 cm³/mol. The molecule has 0 aromatic heterocycles. The van der Waals surface area contributed by atoms with Crippen LogP contribution in [0.15, 0.2) is 28.7 Å². The highest BCUT2D eigenvalue weighted by atomic mass is 79.9. The highest BCUT2D eigenvalue weighted by Crippen LogP contribution is 2.43. The maximum Gasteiger partial charge on any atom is 0.305 e. The third-order valence-corrected chi connectivity index (χ3v) is 7.71. The first-order valence-electron chi connectivity index (χ1n) is 10.9. The molecule has 0 N–H and O–H groups in total. The molecule has 5 heteroatoms. The van der Waals surface area contributed by atoms with E-state index >= 15 is 0 Å². The van der Waals surface area contributed by atoms with E-state index in [-0.39, 0.29) is 5.97 Å². The molecular formula is C23H33BrN2O2. The lowest BCUT2D eigenvalue weighted by Gasteiger charge is -2.57. The lowest BCUT2D eigenvalue weighted by molar-refractivity contribution is -0.141. The van der Waals surface area contributed by atoms with Crippen LogP contribution in [0.3, 0.4) is 0 Å². The Bertz CT molecular complexity index is 663. The number of hydrogen-bond acceptors (Lipinski definition) is 4. The molecule has 3 aliphatic heterocycles. The Kier molecular flexibility index (Phi) is 6.74. The standard InChI is InChI=1S/C23H33BrN2O2/c1-28-22(27)8-2-7-21-20-6-4-14-25-13-3-5-18(23(20)25)16-26(21)15-17-9-11-19(24)12-10-17/h9-12,18,20-21,23H,2-8,13-16H2,1H3/t18-,20-,21-,23+/m1/s1. The quantitative estimate of drug-likeness (QED) is 0.601. The van der Waals surface area contributed by atoms with Crippen molar-refractivity contribution in [2.45, 2.75) is 63.6 Å². The zero-order valence-electron chi connectivity index (χ0n) is 17.0. The summed E-state index contributed by atoms with van der Waals surface area (Å²) in [6.07, 6.45) is 7.99. The van der Waals surface area contributed by atoms with Gasteiger partial charge >= 0.3 is 5.97 Å². The normalized spacial score (nSPS) is 30.6. The van der Waals surface area contributed by atoms with E-state index in [9.17, 15) is 4.79 Å². The summed E-state index contributed by atoms with van der Waals surface area (Å²) in [6.45, 7) is 4.81. The summed E-state index contributed by atoms with van der Waals surface area (Å²) in [5.41, 5.74) is 1.39. The molecule has 1 aromatic rings. The van der Waals surface area contributed by atoms with Crippen molar-refractivity contribution in [1.82, 2.24) is 9.80 Å². The summed E-state index contributed by atoms with van der Waals surface area (Å²) >= 11 is 3.55. The van der Waals surface area contributed by atoms with Gasteiger partial charge in [0.15, 0.2) is 0 Å². The van der Waals surface area contributed by atoms with Crippen molar-refractivity contribution >= 4 is 21.9 Å². The maximum atomic E-state index is 11.7. The van der Waals surface area contributed by atoms with Crippen molar-refractivity contribution in [2.75, 3.05) is 26.7 Å². The number of carbonyl (C=O) groups is 1. The monoisotopic (exact) mass is 448 g/mol. The molecular weight excluding hydrogens is 416 g/mol. The summed E-state index contributed by atoms with van der Waals surface area (Å²) in [7, 11) is 1.49. The number of likely N-dealkylation sites (tertiary alicyclic amines) is 1. The fraction of sp³-hybridized carbons (Fsp3) is 0.696. The largest absolute Gasteiger partial charge is 0.469 e. The molecule has 3 fully saturated rings. The van der Waals surface area contributed by atoms with Crippen LogP contribution in [0.1, 0.15) is 50.5 Å². The molecule has 0 saturated carbocycles. The van der Waals surface area contributed by atoms with Crippen molar-refractivity contribution in [3.8, 4) is 0 Å². The first-order chi connectivity index (χ1) is 13.7. The fourth-order valence-corrected chi connectivity index (χ4v) is 6.31.